The van der Waals surface area contributed by atoms with Gasteiger partial charge < -0.3 is 5.32 Å². The van der Waals surface area contributed by atoms with Gasteiger partial charge in [-0.05, 0) is 26.0 Å². The molecule has 0 fully saturated rings. The molecule has 1 N–H and O–H groups in total. The molecule has 0 bridgehead atoms. The number of nitrogens with one attached hydrogen (secondary N) is 1. The molecule has 0 atom stereocenters. The Morgan fingerprint density at radius 3 is 2.74 bits per heavy atom. The Hall–Kier alpha value is -2.54. The number of thiazole rings is 1. The molecule has 0 radical (unpaired) electrons. The second-order valence-electron chi connectivity index (χ2n) is 5.21. The molecule has 2 aromatic heterocycles. The van der Waals surface area contributed by atoms with E-state index in [9.17, 15) is 4.79 Å². The van der Waals surface area contributed by atoms with Gasteiger partial charge in [-0.3, -0.25) is 4.79 Å². The van der Waals surface area contributed by atoms with E-state index < -0.39 is 0 Å². The molecule has 6 nitrogen and oxygen atoms in total. The fraction of sp³-hybridized carbons (Fsp3) is 0.250. The minimum Gasteiger partial charge on any atom is -0.346 e. The van der Waals surface area contributed by atoms with Gasteiger partial charge in [0, 0.05) is 10.4 Å². The van der Waals surface area contributed by atoms with E-state index >= 15 is 0 Å². The molecule has 118 valence electrons. The van der Waals surface area contributed by atoms with Crippen LogP contribution in [0.1, 0.15) is 31.6 Å². The molecule has 3 aromatic rings. The van der Waals surface area contributed by atoms with Gasteiger partial charge in [0.05, 0.1) is 25.0 Å². The number of carbonyl (C=O) groups is 1. The van der Waals surface area contributed by atoms with Crippen LogP contribution >= 0.6 is 11.3 Å². The lowest BCUT2D eigenvalue weighted by Gasteiger charge is -2.02. The number of benzene rings is 1. The number of hydrogen-bond acceptors (Lipinski definition) is 5. The Balaban J connectivity index is 1.58. The molecule has 0 unspecified atom stereocenters. The topological polar surface area (TPSA) is 72.7 Å². The van der Waals surface area contributed by atoms with Crippen LogP contribution in [0.25, 0.3) is 0 Å². The van der Waals surface area contributed by atoms with Crippen LogP contribution in [-0.4, -0.2) is 25.9 Å². The van der Waals surface area contributed by atoms with E-state index in [4.69, 9.17) is 0 Å². The van der Waals surface area contributed by atoms with Crippen molar-refractivity contribution in [1.29, 1.82) is 0 Å². The van der Waals surface area contributed by atoms with Gasteiger partial charge in [-0.15, -0.1) is 16.4 Å². The molecule has 0 aliphatic rings. The number of aromatic nitrogens is 4. The highest BCUT2D eigenvalue weighted by molar-refractivity contribution is 7.11. The monoisotopic (exact) mass is 327 g/mol. The molecule has 1 aromatic carbocycles. The van der Waals surface area contributed by atoms with Crippen molar-refractivity contribution in [3.05, 3.63) is 63.4 Å². The molecule has 3 rings (SSSR count). The fourth-order valence-corrected chi connectivity index (χ4v) is 3.03. The maximum atomic E-state index is 12.0. The quantitative estimate of drug-likeness (QED) is 0.780. The molecule has 0 aliphatic carbocycles. The molecule has 0 spiro atoms. The predicted molar refractivity (Wildman–Crippen MR) is 88.3 cm³/mol. The zero-order valence-corrected chi connectivity index (χ0v) is 13.8. The first kappa shape index (κ1) is 15.4. The average Bonchev–Trinajstić information content (AvgIpc) is 3.13. The summed E-state index contributed by atoms with van der Waals surface area (Å²) in [5, 5.41) is 12.0. The van der Waals surface area contributed by atoms with E-state index in [0.717, 1.165) is 16.4 Å². The number of amides is 1. The summed E-state index contributed by atoms with van der Waals surface area (Å²) in [6.45, 7) is 5.01. The highest BCUT2D eigenvalue weighted by Gasteiger charge is 2.08. The molecule has 23 heavy (non-hydrogen) atoms. The second kappa shape index (κ2) is 6.70. The summed E-state index contributed by atoms with van der Waals surface area (Å²) in [6, 6.07) is 9.11. The summed E-state index contributed by atoms with van der Waals surface area (Å²) in [5.41, 5.74) is 2.41. The summed E-state index contributed by atoms with van der Waals surface area (Å²) in [5.74, 6) is -0.119. The highest BCUT2D eigenvalue weighted by atomic mass is 32.1. The van der Waals surface area contributed by atoms with Crippen molar-refractivity contribution in [3.63, 3.8) is 0 Å². The van der Waals surface area contributed by atoms with E-state index in [0.29, 0.717) is 18.7 Å². The van der Waals surface area contributed by atoms with Crippen molar-refractivity contribution in [1.82, 2.24) is 25.3 Å². The van der Waals surface area contributed by atoms with Gasteiger partial charge in [-0.1, -0.05) is 23.4 Å². The van der Waals surface area contributed by atoms with Crippen molar-refractivity contribution in [2.24, 2.45) is 0 Å². The zero-order chi connectivity index (χ0) is 16.2. The van der Waals surface area contributed by atoms with Crippen LogP contribution in [0.2, 0.25) is 0 Å². The van der Waals surface area contributed by atoms with E-state index in [1.165, 1.54) is 4.88 Å². The molecule has 1 amide bonds. The lowest BCUT2D eigenvalue weighted by molar-refractivity contribution is 0.0950. The van der Waals surface area contributed by atoms with Crippen LogP contribution in [0.4, 0.5) is 0 Å². The Bertz CT molecular complexity index is 790. The summed E-state index contributed by atoms with van der Waals surface area (Å²) < 4.78 is 1.74. The minimum atomic E-state index is -0.119. The van der Waals surface area contributed by atoms with Gasteiger partial charge in [-0.2, -0.15) is 0 Å². The summed E-state index contributed by atoms with van der Waals surface area (Å²) in [6.07, 6.45) is 1.83. The lowest BCUT2D eigenvalue weighted by atomic mass is 10.2. The molecule has 0 saturated heterocycles. The molecule has 7 heteroatoms. The molecule has 0 aliphatic heterocycles. The van der Waals surface area contributed by atoms with Crippen LogP contribution in [0.15, 0.2) is 36.5 Å². The van der Waals surface area contributed by atoms with Gasteiger partial charge in [0.1, 0.15) is 10.7 Å². The third-order valence-corrected chi connectivity index (χ3v) is 4.48. The maximum absolute atomic E-state index is 12.0. The van der Waals surface area contributed by atoms with Crippen molar-refractivity contribution in [2.75, 3.05) is 0 Å². The first-order valence-electron chi connectivity index (χ1n) is 7.27. The van der Waals surface area contributed by atoms with Crippen LogP contribution < -0.4 is 5.32 Å². The fourth-order valence-electron chi connectivity index (χ4n) is 2.10. The van der Waals surface area contributed by atoms with E-state index in [1.807, 2.05) is 31.3 Å². The van der Waals surface area contributed by atoms with E-state index in [1.54, 1.807) is 28.2 Å². The third-order valence-electron chi connectivity index (χ3n) is 3.42. The number of hydrogen-bond donors (Lipinski definition) is 1. The molecule has 0 saturated carbocycles. The van der Waals surface area contributed by atoms with Gasteiger partial charge in [0.2, 0.25) is 0 Å². The van der Waals surface area contributed by atoms with E-state index in [-0.39, 0.29) is 5.91 Å². The maximum Gasteiger partial charge on any atom is 0.251 e. The Morgan fingerprint density at radius 1 is 1.26 bits per heavy atom. The van der Waals surface area contributed by atoms with Crippen LogP contribution in [0.5, 0.6) is 0 Å². The Labute approximate surface area is 138 Å². The molecule has 2 heterocycles. The summed E-state index contributed by atoms with van der Waals surface area (Å²) in [4.78, 5) is 17.7. The number of rotatable bonds is 5. The largest absolute Gasteiger partial charge is 0.346 e. The van der Waals surface area contributed by atoms with Crippen molar-refractivity contribution >= 4 is 17.2 Å². The Morgan fingerprint density at radius 2 is 2.04 bits per heavy atom. The van der Waals surface area contributed by atoms with E-state index in [2.05, 4.69) is 27.5 Å². The van der Waals surface area contributed by atoms with Gasteiger partial charge >= 0.3 is 0 Å². The zero-order valence-electron chi connectivity index (χ0n) is 13.0. The van der Waals surface area contributed by atoms with Crippen LogP contribution in [0.3, 0.4) is 0 Å². The normalized spacial score (nSPS) is 10.7. The standard InChI is InChI=1S/C16H17N5OS/c1-11-12(2)23-15(18-11)10-21-9-14(19-20-21)8-17-16(22)13-6-4-3-5-7-13/h3-7,9H,8,10H2,1-2H3,(H,17,22). The number of nitrogens with zero attached hydrogens (tertiary/aromatic N) is 4. The first-order chi connectivity index (χ1) is 11.1. The lowest BCUT2D eigenvalue weighted by Crippen LogP contribution is -2.22. The van der Waals surface area contributed by atoms with Crippen molar-refractivity contribution in [2.45, 2.75) is 26.9 Å². The Kier molecular flexibility index (Phi) is 4.47. The van der Waals surface area contributed by atoms with Crippen molar-refractivity contribution in [3.8, 4) is 0 Å². The summed E-state index contributed by atoms with van der Waals surface area (Å²) in [7, 11) is 0. The van der Waals surface area contributed by atoms with Crippen LogP contribution in [-0.2, 0) is 13.1 Å². The molecular formula is C16H17N5OS. The number of aryl methyl sites for hydroxylation is 2. The minimum absolute atomic E-state index is 0.119. The first-order valence-corrected chi connectivity index (χ1v) is 8.08. The molecular weight excluding hydrogens is 310 g/mol. The predicted octanol–water partition coefficient (Wildman–Crippen LogP) is 2.33. The van der Waals surface area contributed by atoms with Gasteiger partial charge in [-0.25, -0.2) is 9.67 Å². The third kappa shape index (κ3) is 3.81. The SMILES string of the molecule is Cc1nc(Cn2cc(CNC(=O)c3ccccc3)nn2)sc1C. The smallest absolute Gasteiger partial charge is 0.251 e. The van der Waals surface area contributed by atoms with Crippen LogP contribution in [0, 0.1) is 13.8 Å². The number of carbonyl (C=O) groups excluding carboxylic acids is 1. The van der Waals surface area contributed by atoms with Gasteiger partial charge in [0.25, 0.3) is 5.91 Å². The van der Waals surface area contributed by atoms with Gasteiger partial charge in [0.15, 0.2) is 0 Å². The highest BCUT2D eigenvalue weighted by Crippen LogP contribution is 2.17. The summed E-state index contributed by atoms with van der Waals surface area (Å²) >= 11 is 1.66. The van der Waals surface area contributed by atoms with Crippen molar-refractivity contribution < 1.29 is 4.79 Å². The second-order valence-corrected chi connectivity index (χ2v) is 6.49. The average molecular weight is 327 g/mol.